The second-order valence-electron chi connectivity index (χ2n) is 8.62. The smallest absolute Gasteiger partial charge is 0.253 e. The number of imidazole rings is 1. The molecule has 0 radical (unpaired) electrons. The Bertz CT molecular complexity index is 1420. The molecule has 1 atom stereocenters. The first-order chi connectivity index (χ1) is 17.5. The molecule has 2 amide bonds. The van der Waals surface area contributed by atoms with Gasteiger partial charge in [0.2, 0.25) is 5.91 Å². The molecule has 0 spiro atoms. The minimum absolute atomic E-state index is 0.0948. The summed E-state index contributed by atoms with van der Waals surface area (Å²) in [4.78, 5) is 34.6. The molecule has 2 N–H and O–H groups in total. The van der Waals surface area contributed by atoms with Gasteiger partial charge in [-0.25, -0.2) is 4.98 Å². The maximum Gasteiger partial charge on any atom is 0.253 e. The number of nitrogens with zero attached hydrogens (tertiary/aromatic N) is 3. The van der Waals surface area contributed by atoms with Gasteiger partial charge < -0.3 is 24.7 Å². The van der Waals surface area contributed by atoms with Crippen molar-refractivity contribution >= 4 is 28.5 Å². The van der Waals surface area contributed by atoms with Crippen molar-refractivity contribution in [1.82, 2.24) is 19.9 Å². The van der Waals surface area contributed by atoms with E-state index in [1.165, 1.54) is 12.7 Å². The van der Waals surface area contributed by atoms with Crippen LogP contribution in [0.2, 0.25) is 0 Å². The second kappa shape index (κ2) is 10.3. The molecule has 2 aromatic carbocycles. The lowest BCUT2D eigenvalue weighted by molar-refractivity contribution is -0.119. The number of anilines is 1. The van der Waals surface area contributed by atoms with Gasteiger partial charge >= 0.3 is 0 Å². The van der Waals surface area contributed by atoms with Crippen molar-refractivity contribution in [3.05, 3.63) is 77.6 Å². The maximum atomic E-state index is 13.5. The Morgan fingerprint density at radius 2 is 1.97 bits per heavy atom. The predicted octanol–water partition coefficient (Wildman–Crippen LogP) is 3.26. The van der Waals surface area contributed by atoms with Gasteiger partial charge in [-0.15, -0.1) is 0 Å². The average molecular weight is 486 g/mol. The molecule has 0 fully saturated rings. The molecule has 0 unspecified atom stereocenters. The normalized spacial score (nSPS) is 14.9. The van der Waals surface area contributed by atoms with E-state index in [9.17, 15) is 9.59 Å². The van der Waals surface area contributed by atoms with Gasteiger partial charge in [-0.2, -0.15) is 0 Å². The molecule has 9 nitrogen and oxygen atoms in total. The zero-order valence-electron chi connectivity index (χ0n) is 20.2. The first-order valence-electron chi connectivity index (χ1n) is 11.7. The van der Waals surface area contributed by atoms with Crippen molar-refractivity contribution in [2.45, 2.75) is 12.5 Å². The molecular formula is C27H27N5O4. The number of hydrogen-bond acceptors (Lipinski definition) is 6. The standard InChI is InChI=1S/C27H27N5O4/c1-32-25-21(27(34)29-15-23-20-6-4-3-5-17(20)9-12-36-23)13-19(30-24(33)16-35-2)14-22(25)31-26(32)18-7-10-28-11-8-18/h3-8,10-11,13-14,23H,9,12,15-16H2,1-2H3,(H,29,34)(H,30,33)/t23-/m0/s1. The van der Waals surface area contributed by atoms with E-state index < -0.39 is 0 Å². The number of methoxy groups -OCH3 is 1. The van der Waals surface area contributed by atoms with E-state index in [1.807, 2.05) is 41.9 Å². The highest BCUT2D eigenvalue weighted by atomic mass is 16.5. The summed E-state index contributed by atoms with van der Waals surface area (Å²) >= 11 is 0. The van der Waals surface area contributed by atoms with E-state index in [0.29, 0.717) is 41.3 Å². The van der Waals surface area contributed by atoms with Gasteiger partial charge in [-0.3, -0.25) is 14.6 Å². The van der Waals surface area contributed by atoms with Gasteiger partial charge in [0.15, 0.2) is 0 Å². The van der Waals surface area contributed by atoms with E-state index in [0.717, 1.165) is 17.5 Å². The van der Waals surface area contributed by atoms with Crippen LogP contribution in [0.4, 0.5) is 5.69 Å². The van der Waals surface area contributed by atoms with Crippen LogP contribution in [-0.2, 0) is 27.7 Å². The Labute approximate surface area is 208 Å². The van der Waals surface area contributed by atoms with E-state index in [2.05, 4.69) is 21.7 Å². The molecule has 0 saturated heterocycles. The maximum absolute atomic E-state index is 13.5. The SMILES string of the molecule is COCC(=O)Nc1cc(C(=O)NC[C@@H]2OCCc3ccccc32)c2c(c1)nc(-c1ccncc1)n2C. The summed E-state index contributed by atoms with van der Waals surface area (Å²) in [5, 5.41) is 5.82. The number of aryl methyl sites for hydroxylation is 1. The molecule has 0 bridgehead atoms. The summed E-state index contributed by atoms with van der Waals surface area (Å²) in [6.07, 6.45) is 4.02. The number of pyridine rings is 1. The fourth-order valence-electron chi connectivity index (χ4n) is 4.61. The first kappa shape index (κ1) is 23.7. The molecule has 1 aliphatic heterocycles. The molecule has 0 aliphatic carbocycles. The molecule has 5 rings (SSSR count). The zero-order valence-corrected chi connectivity index (χ0v) is 20.2. The molecular weight excluding hydrogens is 458 g/mol. The Morgan fingerprint density at radius 1 is 1.17 bits per heavy atom. The third-order valence-electron chi connectivity index (χ3n) is 6.25. The van der Waals surface area contributed by atoms with Gasteiger partial charge in [0, 0.05) is 44.3 Å². The first-order valence-corrected chi connectivity index (χ1v) is 11.7. The number of carbonyl (C=O) groups is 2. The van der Waals surface area contributed by atoms with Gasteiger partial charge in [-0.1, -0.05) is 24.3 Å². The highest BCUT2D eigenvalue weighted by molar-refractivity contribution is 6.08. The van der Waals surface area contributed by atoms with Gasteiger partial charge in [0.25, 0.3) is 5.91 Å². The highest BCUT2D eigenvalue weighted by Gasteiger charge is 2.23. The Balaban J connectivity index is 1.49. The molecule has 9 heteroatoms. The van der Waals surface area contributed by atoms with E-state index in [1.54, 1.807) is 24.5 Å². The molecule has 1 aliphatic rings. The van der Waals surface area contributed by atoms with Crippen LogP contribution >= 0.6 is 0 Å². The average Bonchev–Trinajstić information content (AvgIpc) is 3.23. The molecule has 0 saturated carbocycles. The predicted molar refractivity (Wildman–Crippen MR) is 136 cm³/mol. The highest BCUT2D eigenvalue weighted by Crippen LogP contribution is 2.30. The number of amides is 2. The summed E-state index contributed by atoms with van der Waals surface area (Å²) in [7, 11) is 3.32. The van der Waals surface area contributed by atoms with Crippen molar-refractivity contribution in [2.75, 3.05) is 32.2 Å². The fourth-order valence-corrected chi connectivity index (χ4v) is 4.61. The van der Waals surface area contributed by atoms with E-state index in [4.69, 9.17) is 14.5 Å². The van der Waals surface area contributed by atoms with Crippen LogP contribution in [0.1, 0.15) is 27.6 Å². The number of rotatable bonds is 7. The number of nitrogens with one attached hydrogen (secondary N) is 2. The summed E-state index contributed by atoms with van der Waals surface area (Å²) in [5.74, 6) is 0.0887. The number of benzene rings is 2. The molecule has 4 aromatic rings. The Kier molecular flexibility index (Phi) is 6.75. The van der Waals surface area contributed by atoms with Crippen LogP contribution in [0, 0.1) is 0 Å². The summed E-state index contributed by atoms with van der Waals surface area (Å²) in [6.45, 7) is 0.842. The third kappa shape index (κ3) is 4.71. The van der Waals surface area contributed by atoms with Gasteiger partial charge in [0.1, 0.15) is 18.5 Å². The minimum Gasteiger partial charge on any atom is -0.375 e. The monoisotopic (exact) mass is 485 g/mol. The topological polar surface area (TPSA) is 107 Å². The van der Waals surface area contributed by atoms with Crippen LogP contribution in [0.15, 0.2) is 60.9 Å². The van der Waals surface area contributed by atoms with Crippen LogP contribution in [0.3, 0.4) is 0 Å². The largest absolute Gasteiger partial charge is 0.375 e. The van der Waals surface area contributed by atoms with Crippen LogP contribution in [-0.4, -0.2) is 53.2 Å². The van der Waals surface area contributed by atoms with Crippen LogP contribution in [0.25, 0.3) is 22.4 Å². The number of ether oxygens (including phenoxy) is 2. The summed E-state index contributed by atoms with van der Waals surface area (Å²) in [6, 6.07) is 15.3. The summed E-state index contributed by atoms with van der Waals surface area (Å²) in [5.41, 5.74) is 5.32. The number of carbonyl (C=O) groups excluding carboxylic acids is 2. The Hall–Kier alpha value is -4.08. The summed E-state index contributed by atoms with van der Waals surface area (Å²) < 4.78 is 12.8. The molecule has 36 heavy (non-hydrogen) atoms. The minimum atomic E-state index is -0.319. The quantitative estimate of drug-likeness (QED) is 0.416. The van der Waals surface area contributed by atoms with Crippen molar-refractivity contribution in [3.8, 4) is 11.4 Å². The van der Waals surface area contributed by atoms with E-state index in [-0.39, 0.29) is 24.5 Å². The second-order valence-corrected chi connectivity index (χ2v) is 8.62. The van der Waals surface area contributed by atoms with Crippen molar-refractivity contribution < 1.29 is 19.1 Å². The number of fused-ring (bicyclic) bond motifs is 2. The lowest BCUT2D eigenvalue weighted by Crippen LogP contribution is -2.32. The number of hydrogen-bond donors (Lipinski definition) is 2. The van der Waals surface area contributed by atoms with Gasteiger partial charge in [-0.05, 0) is 41.8 Å². The molecule has 184 valence electrons. The zero-order chi connectivity index (χ0) is 25.1. The Morgan fingerprint density at radius 3 is 2.78 bits per heavy atom. The molecule has 3 heterocycles. The lowest BCUT2D eigenvalue weighted by atomic mass is 9.97. The van der Waals surface area contributed by atoms with Gasteiger partial charge in [0.05, 0.1) is 23.2 Å². The molecule has 2 aromatic heterocycles. The lowest BCUT2D eigenvalue weighted by Gasteiger charge is -2.26. The third-order valence-corrected chi connectivity index (χ3v) is 6.25. The van der Waals surface area contributed by atoms with Crippen LogP contribution < -0.4 is 10.6 Å². The van der Waals surface area contributed by atoms with E-state index >= 15 is 0 Å². The van der Waals surface area contributed by atoms with Crippen molar-refractivity contribution in [2.24, 2.45) is 7.05 Å². The number of aromatic nitrogens is 3. The van der Waals surface area contributed by atoms with Crippen molar-refractivity contribution in [3.63, 3.8) is 0 Å². The van der Waals surface area contributed by atoms with Crippen molar-refractivity contribution in [1.29, 1.82) is 0 Å². The van der Waals surface area contributed by atoms with Crippen LogP contribution in [0.5, 0.6) is 0 Å². The fraction of sp³-hybridized carbons (Fsp3) is 0.259.